The van der Waals surface area contributed by atoms with Crippen LogP contribution in [-0.2, 0) is 32.7 Å². The van der Waals surface area contributed by atoms with Gasteiger partial charge in [-0.25, -0.2) is 18.7 Å². The molecule has 0 aromatic carbocycles. The summed E-state index contributed by atoms with van der Waals surface area (Å²) < 4.78 is 33.6. The molecule has 1 aromatic heterocycles. The molecular formula is C20H31N4O17P. The van der Waals surface area contributed by atoms with Crippen LogP contribution in [0.25, 0.3) is 0 Å². The number of carbonyl (C=O) groups is 2. The SMILES string of the molecule is Nc1ccn(C2O[C@H](COP(=O)(O)O[C@@]3(C(=O)O)C[C@H](O)[C@@H](NC(=O)CO)[C@H]([C@H](O)[C@H](O)CO)O3)[C@@H](O)[C@H]2O)c(=O)n1. The molecule has 0 saturated carbocycles. The Morgan fingerprint density at radius 3 is 2.50 bits per heavy atom. The van der Waals surface area contributed by atoms with E-state index in [0.29, 0.717) is 0 Å². The summed E-state index contributed by atoms with van der Waals surface area (Å²) in [6.07, 6.45) is -15.2. The van der Waals surface area contributed by atoms with Crippen molar-refractivity contribution < 1.29 is 78.4 Å². The van der Waals surface area contributed by atoms with Gasteiger partial charge in [0.25, 0.3) is 5.79 Å². The van der Waals surface area contributed by atoms with Crippen LogP contribution in [0.5, 0.6) is 0 Å². The molecule has 2 saturated heterocycles. The molecule has 3 heterocycles. The molecule has 3 rings (SSSR count). The normalized spacial score (nSPS) is 34.3. The number of rotatable bonds is 12. The van der Waals surface area contributed by atoms with Crippen molar-refractivity contribution in [2.24, 2.45) is 0 Å². The second-order valence-corrected chi connectivity index (χ2v) is 10.7. The van der Waals surface area contributed by atoms with Crippen LogP contribution < -0.4 is 16.7 Å². The van der Waals surface area contributed by atoms with Crippen molar-refractivity contribution >= 4 is 25.5 Å². The van der Waals surface area contributed by atoms with Gasteiger partial charge >= 0.3 is 19.5 Å². The van der Waals surface area contributed by atoms with Gasteiger partial charge in [0.05, 0.1) is 25.4 Å². The van der Waals surface area contributed by atoms with Crippen LogP contribution in [0.4, 0.5) is 5.82 Å². The predicted octanol–water partition coefficient (Wildman–Crippen LogP) is -6.30. The van der Waals surface area contributed by atoms with Gasteiger partial charge in [-0.3, -0.25) is 13.9 Å². The molecule has 1 amide bonds. The number of aromatic nitrogens is 2. The van der Waals surface area contributed by atoms with E-state index in [1.165, 1.54) is 6.07 Å². The zero-order valence-corrected chi connectivity index (χ0v) is 22.3. The highest BCUT2D eigenvalue weighted by atomic mass is 31.2. The summed E-state index contributed by atoms with van der Waals surface area (Å²) in [6.45, 7) is -3.25. The number of carboxylic acids is 1. The lowest BCUT2D eigenvalue weighted by atomic mass is 9.88. The molecule has 0 aliphatic carbocycles. The van der Waals surface area contributed by atoms with Crippen molar-refractivity contribution in [3.05, 3.63) is 22.7 Å². The molecule has 22 heteroatoms. The molecule has 2 unspecified atom stereocenters. The Hall–Kier alpha value is -2.63. The van der Waals surface area contributed by atoms with Crippen molar-refractivity contribution in [1.82, 2.24) is 14.9 Å². The molecule has 42 heavy (non-hydrogen) atoms. The number of ether oxygens (including phenoxy) is 2. The summed E-state index contributed by atoms with van der Waals surface area (Å²) in [5.74, 6) is -6.67. The van der Waals surface area contributed by atoms with E-state index < -0.39 is 112 Å². The molecule has 2 aliphatic heterocycles. The summed E-state index contributed by atoms with van der Waals surface area (Å²) in [7, 11) is -5.56. The third-order valence-corrected chi connectivity index (χ3v) is 7.42. The van der Waals surface area contributed by atoms with Crippen LogP contribution in [0.15, 0.2) is 17.1 Å². The number of hydrogen-bond acceptors (Lipinski definition) is 17. The minimum atomic E-state index is -5.56. The van der Waals surface area contributed by atoms with Crippen LogP contribution in [0.3, 0.4) is 0 Å². The third-order valence-electron chi connectivity index (χ3n) is 6.42. The van der Waals surface area contributed by atoms with Crippen molar-refractivity contribution in [2.45, 2.75) is 67.2 Å². The number of carbonyl (C=O) groups excluding carboxylic acids is 1. The highest BCUT2D eigenvalue weighted by molar-refractivity contribution is 7.47. The molecule has 2 aliphatic rings. The zero-order chi connectivity index (χ0) is 31.6. The lowest BCUT2D eigenvalue weighted by Gasteiger charge is -2.46. The number of aliphatic hydroxyl groups is 7. The van der Waals surface area contributed by atoms with Gasteiger partial charge in [0.2, 0.25) is 5.91 Å². The van der Waals surface area contributed by atoms with E-state index in [-0.39, 0.29) is 5.82 Å². The molecule has 0 bridgehead atoms. The van der Waals surface area contributed by atoms with Crippen molar-refractivity contribution in [3.8, 4) is 0 Å². The summed E-state index contributed by atoms with van der Waals surface area (Å²) in [5.41, 5.74) is 4.45. The van der Waals surface area contributed by atoms with Crippen LogP contribution in [0, 0.1) is 0 Å². The highest BCUT2D eigenvalue weighted by Crippen LogP contribution is 2.51. The predicted molar refractivity (Wildman–Crippen MR) is 130 cm³/mol. The Labute approximate surface area is 234 Å². The first-order chi connectivity index (χ1) is 19.6. The Morgan fingerprint density at radius 1 is 1.26 bits per heavy atom. The summed E-state index contributed by atoms with van der Waals surface area (Å²) in [6, 6.07) is -0.528. The quantitative estimate of drug-likeness (QED) is 0.0956. The number of hydrogen-bond donors (Lipinski definition) is 11. The standard InChI is InChI=1S/C20H31N4O17P/c21-10-1-2-24(19(35)22-10)17-15(32)14(31)9(39-17)6-38-42(36,37)41-20(18(33)34)3-7(27)12(23-11(29)5-26)16(40-20)13(30)8(28)4-25/h1-2,7-9,12-17,25-28,30-32H,3-6H2,(H,23,29)(H,33,34)(H,36,37)(H2,21,22,35)/t7-,8+,9+,12+,13+,14+,15+,16+,17?,20+/m0/s1. The fraction of sp³-hybridized carbons (Fsp3) is 0.700. The number of nitrogens with one attached hydrogen (secondary N) is 1. The van der Waals surface area contributed by atoms with Gasteiger partial charge in [0, 0.05) is 12.6 Å². The average molecular weight is 630 g/mol. The number of aliphatic hydroxyl groups excluding tert-OH is 7. The third kappa shape index (κ3) is 7.29. The summed E-state index contributed by atoms with van der Waals surface area (Å²) in [4.78, 5) is 49.7. The van der Waals surface area contributed by atoms with Crippen molar-refractivity contribution in [1.29, 1.82) is 0 Å². The first-order valence-electron chi connectivity index (χ1n) is 12.1. The van der Waals surface area contributed by atoms with Crippen LogP contribution in [-0.4, -0.2) is 142 Å². The van der Waals surface area contributed by atoms with Gasteiger partial charge in [-0.1, -0.05) is 0 Å². The van der Waals surface area contributed by atoms with Crippen LogP contribution >= 0.6 is 7.82 Å². The monoisotopic (exact) mass is 630 g/mol. The summed E-state index contributed by atoms with van der Waals surface area (Å²) in [5, 5.41) is 81.6. The maximum absolute atomic E-state index is 12.8. The number of aliphatic carboxylic acids is 1. The fourth-order valence-corrected chi connectivity index (χ4v) is 5.27. The number of nitrogens with zero attached hydrogens (tertiary/aromatic N) is 2. The number of phosphoric acid groups is 1. The lowest BCUT2D eigenvalue weighted by Crippen LogP contribution is -2.68. The molecule has 0 spiro atoms. The van der Waals surface area contributed by atoms with Gasteiger partial charge in [0.15, 0.2) is 6.23 Å². The first kappa shape index (κ1) is 33.9. The van der Waals surface area contributed by atoms with Gasteiger partial charge in [-0.15, -0.1) is 0 Å². The molecule has 11 atom stereocenters. The lowest BCUT2D eigenvalue weighted by molar-refractivity contribution is -0.289. The second kappa shape index (κ2) is 13.3. The van der Waals surface area contributed by atoms with Gasteiger partial charge in [0.1, 0.15) is 49.0 Å². The second-order valence-electron chi connectivity index (χ2n) is 9.35. The van der Waals surface area contributed by atoms with E-state index in [0.717, 1.165) is 10.8 Å². The molecule has 1 aromatic rings. The minimum absolute atomic E-state index is 0.146. The van der Waals surface area contributed by atoms with Gasteiger partial charge in [-0.2, -0.15) is 4.98 Å². The molecular weight excluding hydrogens is 599 g/mol. The van der Waals surface area contributed by atoms with E-state index in [4.69, 9.17) is 29.4 Å². The van der Waals surface area contributed by atoms with E-state index in [1.807, 2.05) is 5.32 Å². The Balaban J connectivity index is 1.79. The maximum Gasteiger partial charge on any atom is 0.475 e. The van der Waals surface area contributed by atoms with E-state index >= 15 is 0 Å². The number of nitrogen functional groups attached to an aromatic ring is 1. The number of phosphoric ester groups is 1. The molecule has 2 fully saturated rings. The van der Waals surface area contributed by atoms with Crippen molar-refractivity contribution in [3.63, 3.8) is 0 Å². The Morgan fingerprint density at radius 2 is 1.93 bits per heavy atom. The number of carboxylic acid groups (broad SMARTS) is 1. The van der Waals surface area contributed by atoms with Crippen molar-refractivity contribution in [2.75, 3.05) is 25.6 Å². The fourth-order valence-electron chi connectivity index (χ4n) is 4.31. The molecule has 12 N–H and O–H groups in total. The van der Waals surface area contributed by atoms with Crippen LogP contribution in [0.2, 0.25) is 0 Å². The minimum Gasteiger partial charge on any atom is -0.477 e. The Bertz CT molecular complexity index is 1240. The van der Waals surface area contributed by atoms with E-state index in [2.05, 4.69) is 4.98 Å². The smallest absolute Gasteiger partial charge is 0.475 e. The van der Waals surface area contributed by atoms with Gasteiger partial charge < -0.3 is 66.3 Å². The molecule has 0 radical (unpaired) electrons. The maximum atomic E-state index is 12.8. The first-order valence-corrected chi connectivity index (χ1v) is 13.6. The molecule has 238 valence electrons. The van der Waals surface area contributed by atoms with Gasteiger partial charge in [-0.05, 0) is 6.07 Å². The largest absolute Gasteiger partial charge is 0.477 e. The average Bonchev–Trinajstić information content (AvgIpc) is 3.20. The molecule has 21 nitrogen and oxygen atoms in total. The number of anilines is 1. The number of nitrogens with two attached hydrogens (primary N) is 1. The van der Waals surface area contributed by atoms with E-state index in [9.17, 15) is 59.6 Å². The topological polar surface area (TPSA) is 343 Å². The highest BCUT2D eigenvalue weighted by Gasteiger charge is 2.59. The number of amides is 1. The van der Waals surface area contributed by atoms with Crippen LogP contribution in [0.1, 0.15) is 12.6 Å². The van der Waals surface area contributed by atoms with E-state index in [1.54, 1.807) is 0 Å². The zero-order valence-electron chi connectivity index (χ0n) is 21.4. The Kier molecular flexibility index (Phi) is 10.8. The summed E-state index contributed by atoms with van der Waals surface area (Å²) >= 11 is 0.